The van der Waals surface area contributed by atoms with E-state index in [0.717, 1.165) is 111 Å². The van der Waals surface area contributed by atoms with E-state index in [1.165, 1.54) is 16.6 Å². The molecule has 0 spiro atoms. The summed E-state index contributed by atoms with van der Waals surface area (Å²) in [5, 5.41) is 32.9. The molecule has 1 radical (unpaired) electrons. The standard InChI is InChI=1S/C27H20N2O2S2.3C18H13N3O.C15H11NO2.Al.Mg.2Zn.H/c30-33(31,22-16-8-3-9-17-22)29-24-19-11-10-18-23(24)27-28-25(20-12-4-1-5-13-20)26(32-27)21-14-6-2-7-15-21;3*22-16-11-5-4-9-14(16)17-20-15-10-6-12-19-18(15)21(17)13-7-2-1-3-8-13;17-13-9-5-4-8-12(13)15-16-10-14(18-15)11-6-2-1-3-7-11;;;;;/h1-19,29H;3*1-12,22H;1-10,17H;;;;;/q;;;;;+1;+2;;;/p-1. The van der Waals surface area contributed by atoms with E-state index < -0.39 is 10.0 Å². The molecule has 12 aromatic carbocycles. The van der Waals surface area contributed by atoms with Crippen molar-refractivity contribution in [1.82, 2.24) is 48.6 Å². The Hall–Kier alpha value is -13.2. The maximum absolute atomic E-state index is 13.0. The molecule has 19 nitrogen and oxygen atoms in total. The minimum absolute atomic E-state index is 0. The molecule has 20 aromatic rings. The Morgan fingerprint density at radius 3 is 1.40 bits per heavy atom. The Morgan fingerprint density at radius 2 is 0.851 bits per heavy atom. The number of aromatic hydroxyl groups is 2. The Morgan fingerprint density at radius 1 is 0.421 bits per heavy atom. The smallest absolute Gasteiger partial charge is 0.872 e. The van der Waals surface area contributed by atoms with Crippen molar-refractivity contribution in [2.24, 2.45) is 0 Å². The number of sulfonamides is 1. The van der Waals surface area contributed by atoms with Crippen LogP contribution in [0.2, 0.25) is 0 Å². The summed E-state index contributed by atoms with van der Waals surface area (Å²) < 4.78 is 45.9. The van der Waals surface area contributed by atoms with Crippen molar-refractivity contribution in [3.63, 3.8) is 0 Å². The van der Waals surface area contributed by atoms with Crippen molar-refractivity contribution in [2.45, 2.75) is 4.90 Å². The first-order valence-corrected chi connectivity index (χ1v) is 40.3. The van der Waals surface area contributed by atoms with E-state index in [1.807, 2.05) is 276 Å². The van der Waals surface area contributed by atoms with E-state index in [9.17, 15) is 23.7 Å². The summed E-state index contributed by atoms with van der Waals surface area (Å²) >= 11 is 3.02. The number of nitrogens with zero attached hydrogens (tertiary/aromatic N) is 10. The second kappa shape index (κ2) is 40.5. The number of rotatable bonds is 15. The predicted octanol–water partition coefficient (Wildman–Crippen LogP) is 19.9. The van der Waals surface area contributed by atoms with Crippen LogP contribution in [0.3, 0.4) is 0 Å². The average Bonchev–Trinajstić information content (AvgIpc) is 1.63. The number of phenolic OH excluding ortho intramolecular Hbond substituents is 2. The van der Waals surface area contributed by atoms with Gasteiger partial charge in [-0.2, -0.15) is 4.57 Å². The second-order valence-corrected chi connectivity index (χ2v) is 29.4. The van der Waals surface area contributed by atoms with Crippen molar-refractivity contribution in [3.8, 4) is 129 Å². The van der Waals surface area contributed by atoms with Crippen LogP contribution in [-0.2, 0) is 49.0 Å². The number of benzene rings is 12. The van der Waals surface area contributed by atoms with Gasteiger partial charge in [-0.05, 0) is 145 Å². The molecule has 0 saturated heterocycles. The maximum Gasteiger partial charge on any atom is 2.00 e. The monoisotopic (exact) mass is 1750 g/mol. The van der Waals surface area contributed by atoms with E-state index in [2.05, 4.69) is 63.5 Å². The molecule has 0 aliphatic carbocycles. The number of aromatic nitrogens is 11. The third-order valence-electron chi connectivity index (χ3n) is 18.8. The first-order chi connectivity index (χ1) is 58.0. The summed E-state index contributed by atoms with van der Waals surface area (Å²) in [5.74, 6) is 4.52. The summed E-state index contributed by atoms with van der Waals surface area (Å²) in [6, 6.07) is 116. The van der Waals surface area contributed by atoms with Gasteiger partial charge < -0.3 is 23.5 Å². The van der Waals surface area contributed by atoms with Crippen LogP contribution in [-0.4, -0.2) is 107 Å². The summed E-state index contributed by atoms with van der Waals surface area (Å²) in [7, 11) is -3.72. The van der Waals surface area contributed by atoms with Crippen LogP contribution < -0.4 is 18.6 Å². The number of oxazole rings is 1. The first-order valence-electron chi connectivity index (χ1n) is 37.4. The Bertz CT molecular complexity index is 6710. The molecule has 0 aliphatic heterocycles. The number of thiazole rings is 1. The molecule has 4 N–H and O–H groups in total. The molecule has 0 bridgehead atoms. The Balaban J connectivity index is 0.000000132. The summed E-state index contributed by atoms with van der Waals surface area (Å²) in [6.45, 7) is 0. The first kappa shape index (κ1) is 85.7. The van der Waals surface area contributed by atoms with Crippen molar-refractivity contribution in [3.05, 3.63) is 395 Å². The van der Waals surface area contributed by atoms with Crippen LogP contribution in [0.4, 0.5) is 5.69 Å². The molecule has 575 valence electrons. The second-order valence-electron chi connectivity index (χ2n) is 26.4. The Kier molecular flexibility index (Phi) is 28.7. The molecule has 25 heteroatoms. The molecule has 20 rings (SSSR count). The minimum Gasteiger partial charge on any atom is -0.872 e. The fourth-order valence-corrected chi connectivity index (χ4v) is 15.8. The third-order valence-corrected chi connectivity index (χ3v) is 21.6. The molecule has 0 unspecified atom stereocenters. The van der Waals surface area contributed by atoms with E-state index in [4.69, 9.17) is 18.2 Å². The fraction of sp³-hybridized carbons (Fsp3) is 0. The van der Waals surface area contributed by atoms with Gasteiger partial charge in [-0.3, -0.25) is 13.9 Å². The zero-order chi connectivity index (χ0) is 80.6. The topological polar surface area (TPSA) is 251 Å². The van der Waals surface area contributed by atoms with Crippen molar-refractivity contribution < 1.29 is 75.9 Å². The van der Waals surface area contributed by atoms with Crippen molar-refractivity contribution in [2.75, 3.05) is 4.72 Å². The average molecular weight is 1750 g/mol. The number of H-pyrrole nitrogens is 1. The van der Waals surface area contributed by atoms with Gasteiger partial charge in [-0.15, -0.1) is 11.3 Å². The van der Waals surface area contributed by atoms with E-state index in [0.29, 0.717) is 39.9 Å². The maximum atomic E-state index is 13.0. The van der Waals surface area contributed by atoms with Crippen LogP contribution in [0.15, 0.2) is 404 Å². The molecule has 0 atom stereocenters. The number of anilines is 1. The molecule has 0 amide bonds. The minimum atomic E-state index is -3.72. The molecular formula is C96H70AlMgN12O7S2Zn2+2. The number of imidazole rings is 3. The predicted molar refractivity (Wildman–Crippen MR) is 471 cm³/mol. The van der Waals surface area contributed by atoms with Gasteiger partial charge in [-0.1, -0.05) is 236 Å². The Labute approximate surface area is 751 Å². The van der Waals surface area contributed by atoms with Gasteiger partial charge in [0.1, 0.15) is 33.2 Å². The number of nitrogens with one attached hydrogen (secondary N) is 2. The number of aromatic amines is 1. The summed E-state index contributed by atoms with van der Waals surface area (Å²) in [6.07, 6.45) is 6.95. The van der Waals surface area contributed by atoms with Gasteiger partial charge in [0.2, 0.25) is 5.89 Å². The van der Waals surface area contributed by atoms with Crippen LogP contribution in [0, 0.1) is 0 Å². The molecule has 0 fully saturated rings. The normalized spacial score (nSPS) is 10.6. The van der Waals surface area contributed by atoms with Crippen molar-refractivity contribution in [1.29, 1.82) is 0 Å². The summed E-state index contributed by atoms with van der Waals surface area (Å²) in [4.78, 5) is 36.6. The number of phenols is 2. The number of fused-ring (bicyclic) bond motifs is 3. The number of pyridine rings is 3. The molecule has 8 heterocycles. The van der Waals surface area contributed by atoms with Crippen LogP contribution in [0.25, 0.3) is 140 Å². The van der Waals surface area contributed by atoms with Gasteiger partial charge in [0, 0.05) is 85.6 Å². The van der Waals surface area contributed by atoms with Gasteiger partial charge in [0.05, 0.1) is 55.4 Å². The zero-order valence-electron chi connectivity index (χ0n) is 65.1. The molecule has 0 saturated carbocycles. The number of hydrogen-bond donors (Lipinski definition) is 3. The van der Waals surface area contributed by atoms with Crippen molar-refractivity contribution >= 4 is 100 Å². The quantitative estimate of drug-likeness (QED) is 0.0808. The molecule has 121 heavy (non-hydrogen) atoms. The SMILES string of the molecule is O=S(=O)(Nc1ccccc1-c1nc(-c2ccccc2)c(-c2ccccc2)s1)c1ccccc1.Oc1ccccc1-c1nc2cccnc2n1-c1ccccc1.Oc1ccccc1-c1ncc(-c2ccccc2)o1.[AlH][O]c1ccccc1-c1nc2cccnc2n1-c1ccccc1.[Mg+2].[O-]c1ccccc1-c1[nH+]c2cccnc2n1-c1ccccc1.[Zn].[Zn]. The zero-order valence-corrected chi connectivity index (χ0v) is 75.5. The largest absolute Gasteiger partial charge is 2.00 e. The van der Waals surface area contributed by atoms with Gasteiger partial charge in [0.15, 0.2) is 34.2 Å². The van der Waals surface area contributed by atoms with E-state index in [1.54, 1.807) is 115 Å². The summed E-state index contributed by atoms with van der Waals surface area (Å²) in [5.41, 5.74) is 15.9. The van der Waals surface area contributed by atoms with E-state index >= 15 is 0 Å². The number of hydrogen-bond acceptors (Lipinski definition) is 15. The van der Waals surface area contributed by atoms with Crippen LogP contribution in [0.1, 0.15) is 0 Å². The van der Waals surface area contributed by atoms with Crippen LogP contribution >= 0.6 is 11.3 Å². The van der Waals surface area contributed by atoms with Gasteiger partial charge in [-0.25, -0.2) is 48.3 Å². The molecular weight excluding hydrogens is 1680 g/mol. The fourth-order valence-electron chi connectivity index (χ4n) is 13.3. The molecule has 8 aromatic heterocycles. The van der Waals surface area contributed by atoms with Gasteiger partial charge in [0.25, 0.3) is 21.5 Å². The van der Waals surface area contributed by atoms with E-state index in [-0.39, 0.29) is 84.2 Å². The van der Waals surface area contributed by atoms with Crippen LogP contribution in [0.5, 0.6) is 23.0 Å². The third kappa shape index (κ3) is 19.6. The number of para-hydroxylation sites is 8. The van der Waals surface area contributed by atoms with Gasteiger partial charge >= 0.3 is 39.7 Å². The molecule has 0 aliphatic rings.